The van der Waals surface area contributed by atoms with E-state index in [0.29, 0.717) is 13.2 Å². The number of rotatable bonds is 5. The molecule has 0 aromatic carbocycles. The van der Waals surface area contributed by atoms with Crippen molar-refractivity contribution < 1.29 is 23.0 Å². The monoisotopic (exact) mass is 243 g/mol. The highest BCUT2D eigenvalue weighted by atomic mass is 19.4. The standard InChI is InChI=1S/C10H20F3NO2/c1-9(2,3)16-6-5-14(4)7-8(15)10(11,12)13/h8,15H,5-7H2,1-4H3. The second-order valence-corrected chi connectivity index (χ2v) is 4.78. The fourth-order valence-electron chi connectivity index (χ4n) is 0.998. The zero-order valence-electron chi connectivity index (χ0n) is 10.1. The Morgan fingerprint density at radius 3 is 2.12 bits per heavy atom. The summed E-state index contributed by atoms with van der Waals surface area (Å²) < 4.78 is 41.4. The molecule has 0 bridgehead atoms. The highest BCUT2D eigenvalue weighted by Gasteiger charge is 2.38. The molecule has 0 amide bonds. The molecule has 0 spiro atoms. The lowest BCUT2D eigenvalue weighted by Crippen LogP contribution is -2.40. The van der Waals surface area contributed by atoms with E-state index < -0.39 is 18.8 Å². The van der Waals surface area contributed by atoms with Crippen molar-refractivity contribution in [2.75, 3.05) is 26.7 Å². The molecule has 0 heterocycles. The van der Waals surface area contributed by atoms with E-state index in [-0.39, 0.29) is 5.60 Å². The van der Waals surface area contributed by atoms with Crippen LogP contribution >= 0.6 is 0 Å². The molecule has 0 rings (SSSR count). The van der Waals surface area contributed by atoms with Crippen LogP contribution in [-0.2, 0) is 4.74 Å². The summed E-state index contributed by atoms with van der Waals surface area (Å²) in [6.07, 6.45) is -6.86. The number of aliphatic hydroxyl groups excluding tert-OH is 1. The van der Waals surface area contributed by atoms with E-state index in [1.54, 1.807) is 0 Å². The third-order valence-corrected chi connectivity index (χ3v) is 1.87. The number of ether oxygens (including phenoxy) is 1. The number of likely N-dealkylation sites (N-methyl/N-ethyl adjacent to an activating group) is 1. The minimum absolute atomic E-state index is 0.302. The molecular weight excluding hydrogens is 223 g/mol. The van der Waals surface area contributed by atoms with Gasteiger partial charge < -0.3 is 14.7 Å². The van der Waals surface area contributed by atoms with Gasteiger partial charge in [-0.1, -0.05) is 0 Å². The van der Waals surface area contributed by atoms with Gasteiger partial charge in [-0.25, -0.2) is 0 Å². The Morgan fingerprint density at radius 2 is 1.75 bits per heavy atom. The van der Waals surface area contributed by atoms with Gasteiger partial charge in [-0.05, 0) is 27.8 Å². The first-order valence-electron chi connectivity index (χ1n) is 5.09. The van der Waals surface area contributed by atoms with Crippen molar-refractivity contribution in [1.29, 1.82) is 0 Å². The molecule has 98 valence electrons. The summed E-state index contributed by atoms with van der Waals surface area (Å²) in [4.78, 5) is 1.39. The molecule has 0 fully saturated rings. The quantitative estimate of drug-likeness (QED) is 0.797. The van der Waals surface area contributed by atoms with Crippen LogP contribution in [0.5, 0.6) is 0 Å². The molecule has 0 aromatic heterocycles. The largest absolute Gasteiger partial charge is 0.415 e. The normalized spacial score (nSPS) is 15.6. The van der Waals surface area contributed by atoms with Crippen LogP contribution < -0.4 is 0 Å². The highest BCUT2D eigenvalue weighted by Crippen LogP contribution is 2.20. The first-order chi connectivity index (χ1) is 7.02. The van der Waals surface area contributed by atoms with Gasteiger partial charge in [0.05, 0.1) is 12.2 Å². The summed E-state index contributed by atoms with van der Waals surface area (Å²) in [6, 6.07) is 0. The maximum absolute atomic E-state index is 12.0. The van der Waals surface area contributed by atoms with Gasteiger partial charge in [0.1, 0.15) is 0 Å². The maximum Gasteiger partial charge on any atom is 0.415 e. The predicted octanol–water partition coefficient (Wildman–Crippen LogP) is 1.66. The lowest BCUT2D eigenvalue weighted by Gasteiger charge is -2.24. The molecule has 0 aliphatic carbocycles. The van der Waals surface area contributed by atoms with E-state index >= 15 is 0 Å². The second-order valence-electron chi connectivity index (χ2n) is 4.78. The van der Waals surface area contributed by atoms with E-state index in [4.69, 9.17) is 9.84 Å². The van der Waals surface area contributed by atoms with E-state index in [1.165, 1.54) is 11.9 Å². The van der Waals surface area contributed by atoms with Gasteiger partial charge in [-0.15, -0.1) is 0 Å². The average Bonchev–Trinajstić information content (AvgIpc) is 1.99. The van der Waals surface area contributed by atoms with Gasteiger partial charge >= 0.3 is 6.18 Å². The Bertz CT molecular complexity index is 201. The van der Waals surface area contributed by atoms with E-state index in [2.05, 4.69) is 0 Å². The number of nitrogens with zero attached hydrogens (tertiary/aromatic N) is 1. The third kappa shape index (κ3) is 7.90. The van der Waals surface area contributed by atoms with E-state index in [0.717, 1.165) is 0 Å². The molecule has 0 aliphatic heterocycles. The molecule has 1 unspecified atom stereocenters. The summed E-state index contributed by atoms with van der Waals surface area (Å²) in [5.74, 6) is 0. The van der Waals surface area contributed by atoms with Gasteiger partial charge in [-0.3, -0.25) is 0 Å². The molecule has 0 aliphatic rings. The fraction of sp³-hybridized carbons (Fsp3) is 1.00. The van der Waals surface area contributed by atoms with Gasteiger partial charge in [0, 0.05) is 13.1 Å². The van der Waals surface area contributed by atoms with Crippen LogP contribution in [0.4, 0.5) is 13.2 Å². The molecule has 6 heteroatoms. The van der Waals surface area contributed by atoms with Crippen LogP contribution in [0, 0.1) is 0 Å². The first kappa shape index (κ1) is 15.7. The first-order valence-corrected chi connectivity index (χ1v) is 5.09. The highest BCUT2D eigenvalue weighted by molar-refractivity contribution is 4.69. The smallest absolute Gasteiger partial charge is 0.382 e. The topological polar surface area (TPSA) is 32.7 Å². The molecule has 0 saturated carbocycles. The van der Waals surface area contributed by atoms with Crippen molar-refractivity contribution >= 4 is 0 Å². The number of halogens is 3. The summed E-state index contributed by atoms with van der Waals surface area (Å²) in [5, 5.41) is 8.81. The Kier molecular flexibility index (Phi) is 5.72. The SMILES string of the molecule is CN(CCOC(C)(C)C)CC(O)C(F)(F)F. The summed E-state index contributed by atoms with van der Waals surface area (Å²) in [7, 11) is 1.51. The Morgan fingerprint density at radius 1 is 1.25 bits per heavy atom. The van der Waals surface area contributed by atoms with Crippen LogP contribution in [0.1, 0.15) is 20.8 Å². The Balaban J connectivity index is 3.79. The number of hydrogen-bond donors (Lipinski definition) is 1. The number of aliphatic hydroxyl groups is 1. The maximum atomic E-state index is 12.0. The summed E-state index contributed by atoms with van der Waals surface area (Å²) >= 11 is 0. The third-order valence-electron chi connectivity index (χ3n) is 1.87. The van der Waals surface area contributed by atoms with Gasteiger partial charge in [0.2, 0.25) is 0 Å². The van der Waals surface area contributed by atoms with Gasteiger partial charge in [0.15, 0.2) is 6.10 Å². The van der Waals surface area contributed by atoms with Crippen molar-refractivity contribution in [3.8, 4) is 0 Å². The zero-order chi connectivity index (χ0) is 13.0. The molecule has 1 N–H and O–H groups in total. The van der Waals surface area contributed by atoms with Crippen LogP contribution in [0.15, 0.2) is 0 Å². The summed E-state index contributed by atoms with van der Waals surface area (Å²) in [6.45, 7) is 5.87. The molecule has 0 saturated heterocycles. The molecule has 3 nitrogen and oxygen atoms in total. The van der Waals surface area contributed by atoms with Crippen LogP contribution in [0.25, 0.3) is 0 Å². The lowest BCUT2D eigenvalue weighted by molar-refractivity contribution is -0.207. The van der Waals surface area contributed by atoms with Gasteiger partial charge in [0.25, 0.3) is 0 Å². The molecule has 1 atom stereocenters. The van der Waals surface area contributed by atoms with Gasteiger partial charge in [-0.2, -0.15) is 13.2 Å². The van der Waals surface area contributed by atoms with Crippen molar-refractivity contribution in [2.24, 2.45) is 0 Å². The number of hydrogen-bond acceptors (Lipinski definition) is 3. The van der Waals surface area contributed by atoms with Crippen molar-refractivity contribution in [3.05, 3.63) is 0 Å². The minimum atomic E-state index is -4.56. The number of alkyl halides is 3. The second kappa shape index (κ2) is 5.84. The molecule has 0 aromatic rings. The fourth-order valence-corrected chi connectivity index (χ4v) is 0.998. The van der Waals surface area contributed by atoms with E-state index in [9.17, 15) is 13.2 Å². The van der Waals surface area contributed by atoms with Crippen LogP contribution in [-0.4, -0.2) is 54.6 Å². The predicted molar refractivity (Wildman–Crippen MR) is 55.3 cm³/mol. The molecule has 0 radical (unpaired) electrons. The van der Waals surface area contributed by atoms with Crippen molar-refractivity contribution in [2.45, 2.75) is 38.7 Å². The average molecular weight is 243 g/mol. The van der Waals surface area contributed by atoms with Crippen molar-refractivity contribution in [1.82, 2.24) is 4.90 Å². The summed E-state index contributed by atoms with van der Waals surface area (Å²) in [5.41, 5.74) is -0.302. The Labute approximate surface area is 94.2 Å². The van der Waals surface area contributed by atoms with E-state index in [1.807, 2.05) is 20.8 Å². The zero-order valence-corrected chi connectivity index (χ0v) is 10.1. The Hall–Kier alpha value is -0.330. The molecular formula is C10H20F3NO2. The molecule has 16 heavy (non-hydrogen) atoms. The van der Waals surface area contributed by atoms with Crippen LogP contribution in [0.3, 0.4) is 0 Å². The van der Waals surface area contributed by atoms with Crippen molar-refractivity contribution in [3.63, 3.8) is 0 Å². The van der Waals surface area contributed by atoms with Crippen LogP contribution in [0.2, 0.25) is 0 Å². The minimum Gasteiger partial charge on any atom is -0.382 e. The lowest BCUT2D eigenvalue weighted by atomic mass is 10.2.